The van der Waals surface area contributed by atoms with Crippen LogP contribution < -0.4 is 21.3 Å². The van der Waals surface area contributed by atoms with Gasteiger partial charge in [0, 0.05) is 48.8 Å². The molecule has 2 heterocycles. The van der Waals surface area contributed by atoms with E-state index in [1.54, 1.807) is 0 Å². The molecule has 1 aromatic carbocycles. The van der Waals surface area contributed by atoms with Crippen LogP contribution in [0.25, 0.3) is 0 Å². The lowest BCUT2D eigenvalue weighted by Crippen LogP contribution is -2.49. The maximum Gasteiger partial charge on any atom is 0.221 e. The fraction of sp³-hybridized carbons (Fsp3) is 0.429. The van der Waals surface area contributed by atoms with Crippen molar-refractivity contribution in [2.75, 3.05) is 29.9 Å². The first kappa shape index (κ1) is 17.8. The average Bonchev–Trinajstić information content (AvgIpc) is 3.12. The number of nitrogens with two attached hydrogens (primary N) is 1. The second-order valence-electron chi connectivity index (χ2n) is 7.57. The predicted molar refractivity (Wildman–Crippen MR) is 109 cm³/mol. The lowest BCUT2D eigenvalue weighted by atomic mass is 10.1. The second-order valence-corrected chi connectivity index (χ2v) is 7.57. The van der Waals surface area contributed by atoms with Crippen LogP contribution in [0.3, 0.4) is 0 Å². The summed E-state index contributed by atoms with van der Waals surface area (Å²) in [6.07, 6.45) is 3.56. The molecule has 0 bridgehead atoms. The molecule has 2 aliphatic rings. The summed E-state index contributed by atoms with van der Waals surface area (Å²) in [6, 6.07) is 10.6. The Balaban J connectivity index is 1.59. The van der Waals surface area contributed by atoms with Crippen molar-refractivity contribution in [2.45, 2.75) is 38.6 Å². The van der Waals surface area contributed by atoms with Gasteiger partial charge in [-0.2, -0.15) is 0 Å². The van der Waals surface area contributed by atoms with E-state index in [1.165, 1.54) is 11.3 Å². The first-order valence-electron chi connectivity index (χ1n) is 9.74. The Hall–Kier alpha value is -2.60. The number of hydrogen-bond donors (Lipinski definition) is 3. The molecule has 1 amide bonds. The lowest BCUT2D eigenvalue weighted by molar-refractivity contribution is -0.117. The second kappa shape index (κ2) is 7.56. The quantitative estimate of drug-likeness (QED) is 0.756. The van der Waals surface area contributed by atoms with Crippen molar-refractivity contribution in [1.29, 1.82) is 0 Å². The molecule has 1 fully saturated rings. The van der Waals surface area contributed by atoms with E-state index in [-0.39, 0.29) is 12.3 Å². The summed E-state index contributed by atoms with van der Waals surface area (Å²) in [4.78, 5) is 18.4. The van der Waals surface area contributed by atoms with Crippen LogP contribution in [0, 0.1) is 0 Å². The van der Waals surface area contributed by atoms with Crippen molar-refractivity contribution in [3.05, 3.63) is 47.2 Å². The van der Waals surface area contributed by atoms with Gasteiger partial charge in [-0.1, -0.05) is 12.1 Å². The highest BCUT2D eigenvalue weighted by Crippen LogP contribution is 2.33. The smallest absolute Gasteiger partial charge is 0.221 e. The molecule has 0 saturated carbocycles. The van der Waals surface area contributed by atoms with Gasteiger partial charge in [-0.3, -0.25) is 4.79 Å². The Bertz CT molecular complexity index is 833. The van der Waals surface area contributed by atoms with Crippen LogP contribution in [0.5, 0.6) is 0 Å². The number of anilines is 3. The summed E-state index contributed by atoms with van der Waals surface area (Å²) in [5.41, 5.74) is 10.9. The number of carbonyl (C=O) groups is 1. The molecule has 0 spiro atoms. The summed E-state index contributed by atoms with van der Waals surface area (Å²) in [5, 5.41) is 7.07. The van der Waals surface area contributed by atoms with Crippen molar-refractivity contribution >= 4 is 23.1 Å². The summed E-state index contributed by atoms with van der Waals surface area (Å²) >= 11 is 0. The van der Waals surface area contributed by atoms with Crippen LogP contribution >= 0.6 is 0 Å². The number of piperazine rings is 1. The van der Waals surface area contributed by atoms with Crippen LogP contribution in [0.4, 0.5) is 17.2 Å². The Labute approximate surface area is 160 Å². The first-order valence-corrected chi connectivity index (χ1v) is 9.74. The molecule has 1 aliphatic carbocycles. The number of pyridine rings is 1. The largest absolute Gasteiger partial charge is 0.369 e. The van der Waals surface area contributed by atoms with Crippen molar-refractivity contribution in [3.8, 4) is 0 Å². The molecule has 4 rings (SSSR count). The fourth-order valence-electron chi connectivity index (χ4n) is 4.00. The number of aromatic nitrogens is 1. The molecule has 0 unspecified atom stereocenters. The normalized spacial score (nSPS) is 19.0. The number of fused-ring (bicyclic) bond motifs is 1. The minimum atomic E-state index is -0.308. The van der Waals surface area contributed by atoms with Crippen LogP contribution in [0.1, 0.15) is 30.2 Å². The zero-order valence-electron chi connectivity index (χ0n) is 15.8. The van der Waals surface area contributed by atoms with E-state index in [2.05, 4.69) is 28.5 Å². The van der Waals surface area contributed by atoms with Crippen molar-refractivity contribution in [2.24, 2.45) is 5.73 Å². The molecule has 2 aromatic rings. The van der Waals surface area contributed by atoms with E-state index in [4.69, 9.17) is 10.7 Å². The Morgan fingerprint density at radius 1 is 1.33 bits per heavy atom. The highest BCUT2D eigenvalue weighted by Gasteiger charge is 2.22. The molecule has 1 aromatic heterocycles. The molecule has 4 N–H and O–H groups in total. The van der Waals surface area contributed by atoms with Crippen LogP contribution in [0.2, 0.25) is 0 Å². The van der Waals surface area contributed by atoms with Gasteiger partial charge in [0.2, 0.25) is 5.91 Å². The van der Waals surface area contributed by atoms with Gasteiger partial charge in [0.15, 0.2) is 0 Å². The van der Waals surface area contributed by atoms with Gasteiger partial charge in [-0.25, -0.2) is 4.98 Å². The number of benzene rings is 1. The minimum absolute atomic E-state index is 0.274. The zero-order valence-corrected chi connectivity index (χ0v) is 15.8. The highest BCUT2D eigenvalue weighted by atomic mass is 16.1. The molecule has 6 nitrogen and oxygen atoms in total. The molecule has 27 heavy (non-hydrogen) atoms. The van der Waals surface area contributed by atoms with Gasteiger partial charge in [-0.15, -0.1) is 0 Å². The zero-order chi connectivity index (χ0) is 18.8. The van der Waals surface area contributed by atoms with Crippen molar-refractivity contribution in [3.63, 3.8) is 0 Å². The van der Waals surface area contributed by atoms with Gasteiger partial charge in [0.05, 0.1) is 6.42 Å². The van der Waals surface area contributed by atoms with E-state index >= 15 is 0 Å². The third-order valence-corrected chi connectivity index (χ3v) is 5.34. The molecular formula is C21H27N5O. The monoisotopic (exact) mass is 365 g/mol. The standard InChI is InChI=1S/C21H27N5O/c1-14-13-26(10-9-23-14)21-12-19(17-3-2-4-18(17)25-21)24-16-7-5-15(6-8-16)11-20(22)27/h5-8,12,14,23H,2-4,9-11,13H2,1H3,(H2,22,27)(H,24,25)/t14-/m1/s1. The molecule has 1 atom stereocenters. The van der Waals surface area contributed by atoms with Gasteiger partial charge in [-0.05, 0) is 49.4 Å². The van der Waals surface area contributed by atoms with E-state index < -0.39 is 0 Å². The highest BCUT2D eigenvalue weighted by molar-refractivity contribution is 5.77. The van der Waals surface area contributed by atoms with Gasteiger partial charge >= 0.3 is 0 Å². The predicted octanol–water partition coefficient (Wildman–Crippen LogP) is 2.14. The number of carbonyl (C=O) groups excluding carboxylic acids is 1. The summed E-state index contributed by atoms with van der Waals surface area (Å²) in [5.74, 6) is 0.759. The Morgan fingerprint density at radius 2 is 2.15 bits per heavy atom. The number of amides is 1. The summed E-state index contributed by atoms with van der Waals surface area (Å²) in [7, 11) is 0. The van der Waals surface area contributed by atoms with Crippen LogP contribution in [-0.2, 0) is 24.1 Å². The van der Waals surface area contributed by atoms with Crippen molar-refractivity contribution < 1.29 is 4.79 Å². The van der Waals surface area contributed by atoms with E-state index in [9.17, 15) is 4.79 Å². The number of nitrogens with zero attached hydrogens (tertiary/aromatic N) is 2. The number of nitrogens with one attached hydrogen (secondary N) is 2. The van der Waals surface area contributed by atoms with E-state index in [0.717, 1.165) is 61.7 Å². The Kier molecular flexibility index (Phi) is 4.99. The number of rotatable bonds is 5. The summed E-state index contributed by atoms with van der Waals surface area (Å²) < 4.78 is 0. The molecule has 1 aliphatic heterocycles. The Morgan fingerprint density at radius 3 is 2.89 bits per heavy atom. The molecule has 142 valence electrons. The van der Waals surface area contributed by atoms with Gasteiger partial charge in [0.25, 0.3) is 0 Å². The molecule has 1 saturated heterocycles. The fourth-order valence-corrected chi connectivity index (χ4v) is 4.00. The van der Waals surface area contributed by atoms with Crippen LogP contribution in [-0.4, -0.2) is 36.6 Å². The lowest BCUT2D eigenvalue weighted by Gasteiger charge is -2.33. The van der Waals surface area contributed by atoms with Crippen LogP contribution in [0.15, 0.2) is 30.3 Å². The molecule has 6 heteroatoms. The topological polar surface area (TPSA) is 83.3 Å². The maximum atomic E-state index is 11.1. The van der Waals surface area contributed by atoms with E-state index in [1.807, 2.05) is 24.3 Å². The maximum absolute atomic E-state index is 11.1. The van der Waals surface area contributed by atoms with E-state index in [0.29, 0.717) is 6.04 Å². The first-order chi connectivity index (χ1) is 13.1. The number of aryl methyl sites for hydroxylation is 1. The average molecular weight is 365 g/mol. The molecule has 0 radical (unpaired) electrons. The number of primary amides is 1. The van der Waals surface area contributed by atoms with Gasteiger partial charge in [0.1, 0.15) is 5.82 Å². The minimum Gasteiger partial charge on any atom is -0.369 e. The van der Waals surface area contributed by atoms with Gasteiger partial charge < -0.3 is 21.3 Å². The number of hydrogen-bond acceptors (Lipinski definition) is 5. The SMILES string of the molecule is C[C@@H]1CN(c2cc(Nc3ccc(CC(N)=O)cc3)c3c(n2)CCC3)CCN1. The third-order valence-electron chi connectivity index (χ3n) is 5.34. The summed E-state index contributed by atoms with van der Waals surface area (Å²) in [6.45, 7) is 5.17. The molecular weight excluding hydrogens is 338 g/mol. The van der Waals surface area contributed by atoms with Crippen molar-refractivity contribution in [1.82, 2.24) is 10.3 Å². The third kappa shape index (κ3) is 4.06.